The number of nitrogens with two attached hydrogens (primary N) is 1. The molecule has 0 saturated heterocycles. The molecule has 0 rings (SSSR count). The van der Waals surface area contributed by atoms with Crippen LogP contribution < -0.4 is 11.1 Å². The van der Waals surface area contributed by atoms with E-state index < -0.39 is 11.9 Å². The SMILES string of the molecule is CC(=O)CC[C@H](NC(=O)C(C)C)C(N)=O. The Balaban J connectivity index is 4.22. The fourth-order valence-corrected chi connectivity index (χ4v) is 0.972. The summed E-state index contributed by atoms with van der Waals surface area (Å²) in [5.41, 5.74) is 5.11. The van der Waals surface area contributed by atoms with Gasteiger partial charge in [0.05, 0.1) is 0 Å². The molecule has 3 N–H and O–H groups in total. The van der Waals surface area contributed by atoms with E-state index in [4.69, 9.17) is 5.73 Å². The minimum absolute atomic E-state index is 0.0277. The minimum atomic E-state index is -0.746. The van der Waals surface area contributed by atoms with Gasteiger partial charge in [-0.15, -0.1) is 0 Å². The maximum atomic E-state index is 11.3. The summed E-state index contributed by atoms with van der Waals surface area (Å²) in [5, 5.41) is 2.51. The number of primary amides is 1. The second kappa shape index (κ2) is 6.16. The van der Waals surface area contributed by atoms with E-state index >= 15 is 0 Å². The maximum absolute atomic E-state index is 11.3. The Hall–Kier alpha value is -1.39. The maximum Gasteiger partial charge on any atom is 0.240 e. The number of carbonyl (C=O) groups excluding carboxylic acids is 3. The number of hydrogen-bond donors (Lipinski definition) is 2. The normalized spacial score (nSPS) is 12.3. The topological polar surface area (TPSA) is 89.3 Å². The van der Waals surface area contributed by atoms with Crippen molar-refractivity contribution in [2.24, 2.45) is 11.7 Å². The second-order valence-corrected chi connectivity index (χ2v) is 3.86. The number of carbonyl (C=O) groups is 3. The summed E-state index contributed by atoms with van der Waals surface area (Å²) in [5.74, 6) is -1.07. The van der Waals surface area contributed by atoms with Crippen LogP contribution in [0.2, 0.25) is 0 Å². The molecule has 0 saturated carbocycles. The third kappa shape index (κ3) is 5.83. The van der Waals surface area contributed by atoms with Gasteiger partial charge in [-0.2, -0.15) is 0 Å². The first-order valence-corrected chi connectivity index (χ1v) is 4.93. The van der Waals surface area contributed by atoms with Crippen molar-refractivity contribution in [2.45, 2.75) is 39.7 Å². The van der Waals surface area contributed by atoms with Gasteiger partial charge in [0.25, 0.3) is 0 Å². The van der Waals surface area contributed by atoms with Crippen LogP contribution in [0.5, 0.6) is 0 Å². The average molecular weight is 214 g/mol. The predicted octanol–water partition coefficient (Wildman–Crippen LogP) is -0.0183. The zero-order valence-electron chi connectivity index (χ0n) is 9.37. The molecule has 5 heteroatoms. The molecule has 0 bridgehead atoms. The summed E-state index contributed by atoms with van der Waals surface area (Å²) in [6.07, 6.45) is 0.509. The Morgan fingerprint density at radius 3 is 2.13 bits per heavy atom. The molecule has 1 atom stereocenters. The van der Waals surface area contributed by atoms with Crippen molar-refractivity contribution in [1.29, 1.82) is 0 Å². The minimum Gasteiger partial charge on any atom is -0.368 e. The molecule has 2 amide bonds. The van der Waals surface area contributed by atoms with Gasteiger partial charge >= 0.3 is 0 Å². The molecule has 0 fully saturated rings. The van der Waals surface area contributed by atoms with Gasteiger partial charge in [-0.05, 0) is 13.3 Å². The lowest BCUT2D eigenvalue weighted by Crippen LogP contribution is -2.46. The molecule has 0 unspecified atom stereocenters. The molecule has 86 valence electrons. The van der Waals surface area contributed by atoms with Crippen LogP contribution in [0.3, 0.4) is 0 Å². The van der Waals surface area contributed by atoms with Crippen LogP contribution in [-0.2, 0) is 14.4 Å². The highest BCUT2D eigenvalue weighted by atomic mass is 16.2. The third-order valence-corrected chi connectivity index (χ3v) is 1.97. The van der Waals surface area contributed by atoms with E-state index in [1.165, 1.54) is 6.92 Å². The quantitative estimate of drug-likeness (QED) is 0.651. The number of Topliss-reactive ketones (excluding diaryl/α,β-unsaturated/α-hetero) is 1. The summed E-state index contributed by atoms with van der Waals surface area (Å²) >= 11 is 0. The van der Waals surface area contributed by atoms with Crippen LogP contribution in [-0.4, -0.2) is 23.6 Å². The van der Waals surface area contributed by atoms with Crippen LogP contribution in [0.4, 0.5) is 0 Å². The van der Waals surface area contributed by atoms with Crippen LogP contribution >= 0.6 is 0 Å². The van der Waals surface area contributed by atoms with Crippen molar-refractivity contribution >= 4 is 17.6 Å². The van der Waals surface area contributed by atoms with Crippen molar-refractivity contribution in [2.75, 3.05) is 0 Å². The molecule has 0 heterocycles. The number of ketones is 1. The summed E-state index contributed by atoms with van der Waals surface area (Å²) < 4.78 is 0. The Bertz CT molecular complexity index is 261. The predicted molar refractivity (Wildman–Crippen MR) is 55.9 cm³/mol. The molecule has 0 aliphatic heterocycles. The van der Waals surface area contributed by atoms with E-state index in [1.807, 2.05) is 0 Å². The molecule has 0 aromatic rings. The fourth-order valence-electron chi connectivity index (χ4n) is 0.972. The summed E-state index contributed by atoms with van der Waals surface area (Å²) in [4.78, 5) is 33.0. The molecule has 5 nitrogen and oxygen atoms in total. The Morgan fingerprint density at radius 1 is 1.27 bits per heavy atom. The number of nitrogens with one attached hydrogen (secondary N) is 1. The van der Waals surface area contributed by atoms with E-state index in [0.29, 0.717) is 0 Å². The fraction of sp³-hybridized carbons (Fsp3) is 0.700. The lowest BCUT2D eigenvalue weighted by atomic mass is 10.1. The molecule has 15 heavy (non-hydrogen) atoms. The highest BCUT2D eigenvalue weighted by Crippen LogP contribution is 2.00. The van der Waals surface area contributed by atoms with Gasteiger partial charge in [-0.25, -0.2) is 0 Å². The first kappa shape index (κ1) is 13.6. The third-order valence-electron chi connectivity index (χ3n) is 1.97. The largest absolute Gasteiger partial charge is 0.368 e. The van der Waals surface area contributed by atoms with Gasteiger partial charge in [0.15, 0.2) is 0 Å². The smallest absolute Gasteiger partial charge is 0.240 e. The Morgan fingerprint density at radius 2 is 1.80 bits per heavy atom. The standard InChI is InChI=1S/C10H18N2O3/c1-6(2)10(15)12-8(9(11)14)5-4-7(3)13/h6,8H,4-5H2,1-3H3,(H2,11,14)(H,12,15)/t8-/m0/s1. The van der Waals surface area contributed by atoms with Crippen molar-refractivity contribution in [3.8, 4) is 0 Å². The number of rotatable bonds is 6. The summed E-state index contributed by atoms with van der Waals surface area (Å²) in [6, 6.07) is -0.746. The molecule has 0 aromatic carbocycles. The van der Waals surface area contributed by atoms with E-state index in [-0.39, 0.29) is 30.4 Å². The van der Waals surface area contributed by atoms with E-state index in [0.717, 1.165) is 0 Å². The average Bonchev–Trinajstić information content (AvgIpc) is 2.10. The van der Waals surface area contributed by atoms with Gasteiger partial charge in [-0.1, -0.05) is 13.8 Å². The molecular formula is C10H18N2O3. The Labute approximate surface area is 89.4 Å². The van der Waals surface area contributed by atoms with Gasteiger partial charge in [-0.3, -0.25) is 9.59 Å². The first-order chi connectivity index (χ1) is 6.84. The molecule has 0 radical (unpaired) electrons. The van der Waals surface area contributed by atoms with E-state index in [9.17, 15) is 14.4 Å². The van der Waals surface area contributed by atoms with E-state index in [2.05, 4.69) is 5.32 Å². The molecule has 0 aromatic heterocycles. The monoisotopic (exact) mass is 214 g/mol. The highest BCUT2D eigenvalue weighted by molar-refractivity contribution is 5.87. The number of amides is 2. The van der Waals surface area contributed by atoms with Crippen molar-refractivity contribution < 1.29 is 14.4 Å². The number of hydrogen-bond acceptors (Lipinski definition) is 3. The van der Waals surface area contributed by atoms with Crippen LogP contribution in [0.15, 0.2) is 0 Å². The van der Waals surface area contributed by atoms with Gasteiger partial charge in [0.2, 0.25) is 11.8 Å². The first-order valence-electron chi connectivity index (χ1n) is 4.93. The van der Waals surface area contributed by atoms with Crippen LogP contribution in [0, 0.1) is 5.92 Å². The zero-order valence-corrected chi connectivity index (χ0v) is 9.37. The van der Waals surface area contributed by atoms with Gasteiger partial charge in [0, 0.05) is 12.3 Å². The van der Waals surface area contributed by atoms with Gasteiger partial charge < -0.3 is 15.8 Å². The lowest BCUT2D eigenvalue weighted by molar-refractivity contribution is -0.129. The second-order valence-electron chi connectivity index (χ2n) is 3.86. The van der Waals surface area contributed by atoms with Crippen molar-refractivity contribution in [1.82, 2.24) is 5.32 Å². The molecule has 0 aliphatic carbocycles. The van der Waals surface area contributed by atoms with Crippen LogP contribution in [0.1, 0.15) is 33.6 Å². The Kier molecular flexibility index (Phi) is 5.59. The summed E-state index contributed by atoms with van der Waals surface area (Å²) in [7, 11) is 0. The van der Waals surface area contributed by atoms with E-state index in [1.54, 1.807) is 13.8 Å². The molecule has 0 spiro atoms. The zero-order chi connectivity index (χ0) is 12.0. The van der Waals surface area contributed by atoms with Crippen molar-refractivity contribution in [3.63, 3.8) is 0 Å². The molecular weight excluding hydrogens is 196 g/mol. The summed E-state index contributed by atoms with van der Waals surface area (Å²) in [6.45, 7) is 4.87. The van der Waals surface area contributed by atoms with Gasteiger partial charge in [0.1, 0.15) is 11.8 Å². The lowest BCUT2D eigenvalue weighted by Gasteiger charge is -2.16. The van der Waals surface area contributed by atoms with Crippen LogP contribution in [0.25, 0.3) is 0 Å². The molecule has 0 aliphatic rings. The van der Waals surface area contributed by atoms with Crippen molar-refractivity contribution in [3.05, 3.63) is 0 Å². The highest BCUT2D eigenvalue weighted by Gasteiger charge is 2.19.